The lowest BCUT2D eigenvalue weighted by Crippen LogP contribution is -2.08. The Labute approximate surface area is 179 Å². The zero-order valence-corrected chi connectivity index (χ0v) is 17.8. The van der Waals surface area contributed by atoms with Gasteiger partial charge in [0.05, 0.1) is 19.3 Å². The molecular formula is C24H25F3O4. The van der Waals surface area contributed by atoms with Crippen LogP contribution in [0.15, 0.2) is 42.0 Å². The normalized spacial score (nSPS) is 11.5. The van der Waals surface area contributed by atoms with Crippen molar-refractivity contribution in [2.45, 2.75) is 33.4 Å². The van der Waals surface area contributed by atoms with Gasteiger partial charge in [-0.3, -0.25) is 0 Å². The van der Waals surface area contributed by atoms with Gasteiger partial charge in [-0.05, 0) is 56.5 Å². The van der Waals surface area contributed by atoms with Crippen molar-refractivity contribution in [2.24, 2.45) is 0 Å². The molecule has 0 radical (unpaired) electrons. The lowest BCUT2D eigenvalue weighted by Gasteiger charge is -2.16. The lowest BCUT2D eigenvalue weighted by molar-refractivity contribution is -0.137. The molecular weight excluding hydrogens is 409 g/mol. The largest absolute Gasteiger partial charge is 0.507 e. The second kappa shape index (κ2) is 10.2. The van der Waals surface area contributed by atoms with Crippen LogP contribution >= 0.6 is 0 Å². The molecule has 0 aliphatic rings. The quantitative estimate of drug-likeness (QED) is 0.317. The number of phenolic OH excluding ortho intramolecular Hbond substituents is 1. The number of allylic oxidation sites excluding steroid dienone is 2. The molecule has 0 bridgehead atoms. The standard InChI is InChI=1S/C24H25F3O4/c1-5-31-20-14-17(10-7-16-8-11-18(12-9-16)24(25,26)27)21(23(29)30-4)22(28)19(20)13-6-15(2)3/h6-12,14,28H,5,13H2,1-4H3/b10-7+. The van der Waals surface area contributed by atoms with Crippen LogP contribution in [0.25, 0.3) is 12.2 Å². The van der Waals surface area contributed by atoms with Crippen LogP contribution in [0.2, 0.25) is 0 Å². The third-order valence-electron chi connectivity index (χ3n) is 4.49. The predicted molar refractivity (Wildman–Crippen MR) is 114 cm³/mol. The zero-order valence-electron chi connectivity index (χ0n) is 17.8. The van der Waals surface area contributed by atoms with Crippen molar-refractivity contribution in [1.82, 2.24) is 0 Å². The Morgan fingerprint density at radius 2 is 1.77 bits per heavy atom. The molecule has 2 aromatic rings. The summed E-state index contributed by atoms with van der Waals surface area (Å²) in [5.41, 5.74) is 1.53. The minimum Gasteiger partial charge on any atom is -0.507 e. The van der Waals surface area contributed by atoms with Gasteiger partial charge in [0.25, 0.3) is 0 Å². The summed E-state index contributed by atoms with van der Waals surface area (Å²) in [6, 6.07) is 6.22. The highest BCUT2D eigenvalue weighted by molar-refractivity contribution is 5.98. The maximum atomic E-state index is 12.7. The van der Waals surface area contributed by atoms with E-state index in [2.05, 4.69) is 0 Å². The van der Waals surface area contributed by atoms with Gasteiger partial charge in [-0.1, -0.05) is 35.9 Å². The molecule has 2 aromatic carbocycles. The van der Waals surface area contributed by atoms with E-state index in [0.29, 0.717) is 35.5 Å². The van der Waals surface area contributed by atoms with Gasteiger partial charge in [-0.2, -0.15) is 13.2 Å². The molecule has 0 saturated carbocycles. The second-order valence-corrected chi connectivity index (χ2v) is 7.03. The van der Waals surface area contributed by atoms with E-state index in [-0.39, 0.29) is 11.3 Å². The van der Waals surface area contributed by atoms with Gasteiger partial charge in [0.1, 0.15) is 17.1 Å². The molecule has 0 aromatic heterocycles. The first-order valence-electron chi connectivity index (χ1n) is 9.67. The van der Waals surface area contributed by atoms with Crippen molar-refractivity contribution in [3.63, 3.8) is 0 Å². The van der Waals surface area contributed by atoms with Crippen molar-refractivity contribution in [3.05, 3.63) is 69.8 Å². The first kappa shape index (κ1) is 24.1. The number of hydrogen-bond donors (Lipinski definition) is 1. The minimum absolute atomic E-state index is 0.0359. The van der Waals surface area contributed by atoms with E-state index in [9.17, 15) is 23.1 Å². The summed E-state index contributed by atoms with van der Waals surface area (Å²) in [6.45, 7) is 5.98. The maximum absolute atomic E-state index is 12.7. The Morgan fingerprint density at radius 3 is 2.29 bits per heavy atom. The van der Waals surface area contributed by atoms with Gasteiger partial charge in [0, 0.05) is 5.56 Å². The van der Waals surface area contributed by atoms with Crippen LogP contribution < -0.4 is 4.74 Å². The molecule has 166 valence electrons. The first-order valence-corrected chi connectivity index (χ1v) is 9.67. The number of rotatable bonds is 7. The van der Waals surface area contributed by atoms with E-state index < -0.39 is 17.7 Å². The van der Waals surface area contributed by atoms with Crippen LogP contribution in [-0.2, 0) is 17.3 Å². The second-order valence-electron chi connectivity index (χ2n) is 7.03. The van der Waals surface area contributed by atoms with E-state index >= 15 is 0 Å². The first-order chi connectivity index (χ1) is 14.6. The SMILES string of the molecule is CCOc1cc(/C=C/c2ccc(C(F)(F)F)cc2)c(C(=O)OC)c(O)c1CC=C(C)C. The van der Waals surface area contributed by atoms with Gasteiger partial charge < -0.3 is 14.6 Å². The van der Waals surface area contributed by atoms with Crippen LogP contribution in [0.4, 0.5) is 13.2 Å². The number of carbonyl (C=O) groups is 1. The molecule has 0 fully saturated rings. The third kappa shape index (κ3) is 6.13. The number of methoxy groups -OCH3 is 1. The van der Waals surface area contributed by atoms with Crippen molar-refractivity contribution < 1.29 is 32.5 Å². The number of benzene rings is 2. The molecule has 2 rings (SSSR count). The van der Waals surface area contributed by atoms with Gasteiger partial charge in [-0.15, -0.1) is 0 Å². The molecule has 0 atom stereocenters. The fourth-order valence-corrected chi connectivity index (χ4v) is 2.91. The number of esters is 1. The number of halogens is 3. The predicted octanol–water partition coefficient (Wildman–Crippen LogP) is 6.28. The Kier molecular flexibility index (Phi) is 7.91. The molecule has 1 N–H and O–H groups in total. The minimum atomic E-state index is -4.42. The van der Waals surface area contributed by atoms with Crippen LogP contribution in [0, 0.1) is 0 Å². The summed E-state index contributed by atoms with van der Waals surface area (Å²) in [4.78, 5) is 12.4. The smallest absolute Gasteiger partial charge is 0.416 e. The van der Waals surface area contributed by atoms with Gasteiger partial charge in [0.15, 0.2) is 0 Å². The van der Waals surface area contributed by atoms with Crippen LogP contribution in [0.3, 0.4) is 0 Å². The molecule has 0 aliphatic heterocycles. The van der Waals surface area contributed by atoms with Gasteiger partial charge in [0.2, 0.25) is 0 Å². The molecule has 0 saturated heterocycles. The van der Waals surface area contributed by atoms with E-state index in [1.54, 1.807) is 19.1 Å². The Balaban J connectivity index is 2.55. The highest BCUT2D eigenvalue weighted by Crippen LogP contribution is 2.37. The van der Waals surface area contributed by atoms with Gasteiger partial charge >= 0.3 is 12.1 Å². The number of aromatic hydroxyl groups is 1. The topological polar surface area (TPSA) is 55.8 Å². The Morgan fingerprint density at radius 1 is 1.13 bits per heavy atom. The summed E-state index contributed by atoms with van der Waals surface area (Å²) >= 11 is 0. The molecule has 0 heterocycles. The Hall–Kier alpha value is -3.22. The fraction of sp³-hybridized carbons (Fsp3) is 0.292. The number of carbonyl (C=O) groups excluding carboxylic acids is 1. The summed E-state index contributed by atoms with van der Waals surface area (Å²) in [5.74, 6) is -0.564. The number of alkyl halides is 3. The maximum Gasteiger partial charge on any atom is 0.416 e. The molecule has 0 unspecified atom stereocenters. The third-order valence-corrected chi connectivity index (χ3v) is 4.49. The Bertz CT molecular complexity index is 983. The van der Waals surface area contributed by atoms with Crippen molar-refractivity contribution >= 4 is 18.1 Å². The lowest BCUT2D eigenvalue weighted by atomic mass is 9.97. The molecule has 0 spiro atoms. The summed E-state index contributed by atoms with van der Waals surface area (Å²) < 4.78 is 48.7. The molecule has 31 heavy (non-hydrogen) atoms. The average Bonchev–Trinajstić information content (AvgIpc) is 2.71. The van der Waals surface area contributed by atoms with Crippen LogP contribution in [0.1, 0.15) is 53.4 Å². The number of ether oxygens (including phenoxy) is 2. The monoisotopic (exact) mass is 434 g/mol. The summed E-state index contributed by atoms with van der Waals surface area (Å²) in [7, 11) is 1.21. The molecule has 0 amide bonds. The molecule has 4 nitrogen and oxygen atoms in total. The fourth-order valence-electron chi connectivity index (χ4n) is 2.91. The van der Waals surface area contributed by atoms with Crippen LogP contribution in [0.5, 0.6) is 11.5 Å². The summed E-state index contributed by atoms with van der Waals surface area (Å²) in [5, 5.41) is 10.8. The van der Waals surface area contributed by atoms with E-state index in [1.165, 1.54) is 25.3 Å². The van der Waals surface area contributed by atoms with Gasteiger partial charge in [-0.25, -0.2) is 4.79 Å². The van der Waals surface area contributed by atoms with Crippen molar-refractivity contribution in [3.8, 4) is 11.5 Å². The molecule has 0 aliphatic carbocycles. The highest BCUT2D eigenvalue weighted by atomic mass is 19.4. The highest BCUT2D eigenvalue weighted by Gasteiger charge is 2.29. The average molecular weight is 434 g/mol. The van der Waals surface area contributed by atoms with Crippen molar-refractivity contribution in [2.75, 3.05) is 13.7 Å². The van der Waals surface area contributed by atoms with E-state index in [0.717, 1.165) is 17.7 Å². The van der Waals surface area contributed by atoms with Crippen LogP contribution in [-0.4, -0.2) is 24.8 Å². The van der Waals surface area contributed by atoms with E-state index in [1.807, 2.05) is 19.9 Å². The van der Waals surface area contributed by atoms with E-state index in [4.69, 9.17) is 9.47 Å². The zero-order chi connectivity index (χ0) is 23.2. The van der Waals surface area contributed by atoms with Crippen molar-refractivity contribution in [1.29, 1.82) is 0 Å². The summed E-state index contributed by atoms with van der Waals surface area (Å²) in [6.07, 6.45) is 0.918. The molecule has 7 heteroatoms. The number of hydrogen-bond acceptors (Lipinski definition) is 4. The number of phenols is 1.